The second-order valence-electron chi connectivity index (χ2n) is 13.4. The van der Waals surface area contributed by atoms with Gasteiger partial charge in [-0.25, -0.2) is 23.1 Å². The number of rotatable bonds is 0. The van der Waals surface area contributed by atoms with Gasteiger partial charge in [-0.1, -0.05) is 125 Å². The molecular weight excluding hydrogens is 682 g/mol. The molecule has 0 heterocycles. The average Bonchev–Trinajstić information content (AvgIpc) is 3.53. The molecule has 0 spiro atoms. The molecule has 4 aliphatic rings. The third-order valence-corrected chi connectivity index (χ3v) is 10.4. The van der Waals surface area contributed by atoms with Gasteiger partial charge in [0.1, 0.15) is 0 Å². The van der Waals surface area contributed by atoms with Gasteiger partial charge in [0.05, 0.1) is 0 Å². The standard InChI is InChI=1S/C25H33.C9H13.C2H5.2ClH.Hf/c1-15-13-21-19-11-7-8-12-20(19)24-18-10-6-5-9-17(18)14-22(24)23(21)16(2)25(15,3)4;1-9(2,3)8-6-4-5-7-8;1-2;;;/h5-6,9-10,15,19-21,24H,7-8,11-14H2,1-4H3;4-7H,1-3H3;1H2,2H3;2*1H;/q3*-1;;;/p-2. The fraction of sp³-hybridized carbons (Fsp3) is 0.583. The molecule has 0 radical (unpaired) electrons. The molecule has 2 fully saturated rings. The largest absolute Gasteiger partial charge is 1.00 e. The van der Waals surface area contributed by atoms with Gasteiger partial charge in [-0.15, -0.1) is 6.92 Å². The van der Waals surface area contributed by atoms with Crippen molar-refractivity contribution in [2.75, 3.05) is 0 Å². The second-order valence-corrected chi connectivity index (χ2v) is 13.4. The van der Waals surface area contributed by atoms with E-state index in [1.807, 2.05) is 11.1 Å². The molecule has 0 N–H and O–H groups in total. The maximum atomic E-state index is 3.25. The summed E-state index contributed by atoms with van der Waals surface area (Å²) < 4.78 is 0. The van der Waals surface area contributed by atoms with Crippen molar-refractivity contribution in [2.45, 2.75) is 105 Å². The predicted octanol–water partition coefficient (Wildman–Crippen LogP) is 4.27. The zero-order valence-electron chi connectivity index (χ0n) is 25.7. The van der Waals surface area contributed by atoms with Crippen LogP contribution in [0, 0.1) is 41.9 Å². The maximum absolute atomic E-state index is 3.25. The van der Waals surface area contributed by atoms with Gasteiger partial charge in [0.25, 0.3) is 0 Å². The van der Waals surface area contributed by atoms with Gasteiger partial charge in [0.2, 0.25) is 0 Å². The summed E-state index contributed by atoms with van der Waals surface area (Å²) in [6.07, 6.45) is 8.52. The molecular formula is C36H51Cl2Hf-5. The van der Waals surface area contributed by atoms with Crippen LogP contribution in [0.2, 0.25) is 0 Å². The first-order valence-electron chi connectivity index (χ1n) is 14.7. The first-order valence-corrected chi connectivity index (χ1v) is 14.7. The van der Waals surface area contributed by atoms with E-state index in [0.717, 1.165) is 29.6 Å². The Hall–Kier alpha value is -0.370. The van der Waals surface area contributed by atoms with E-state index >= 15 is 0 Å². The van der Waals surface area contributed by atoms with Gasteiger partial charge in [0.15, 0.2) is 0 Å². The minimum atomic E-state index is 0. The minimum Gasteiger partial charge on any atom is -1.00 e. The van der Waals surface area contributed by atoms with E-state index in [1.54, 1.807) is 24.0 Å². The predicted molar refractivity (Wildman–Crippen MR) is 157 cm³/mol. The Labute approximate surface area is 272 Å². The smallest absolute Gasteiger partial charge is 0 e. The maximum Gasteiger partial charge on any atom is 0 e. The molecule has 5 unspecified atom stereocenters. The molecule has 0 aliphatic heterocycles. The summed E-state index contributed by atoms with van der Waals surface area (Å²) in [6, 6.07) is 17.9. The van der Waals surface area contributed by atoms with Crippen LogP contribution in [0.25, 0.3) is 0 Å². The van der Waals surface area contributed by atoms with Crippen LogP contribution in [-0.2, 0) is 37.7 Å². The quantitative estimate of drug-likeness (QED) is 0.281. The Morgan fingerprint density at radius 3 is 2.15 bits per heavy atom. The van der Waals surface area contributed by atoms with Gasteiger partial charge in [-0.05, 0) is 30.6 Å². The number of halogens is 2. The summed E-state index contributed by atoms with van der Waals surface area (Å²) in [5.74, 6) is 6.00. The van der Waals surface area contributed by atoms with Crippen molar-refractivity contribution in [3.63, 3.8) is 0 Å². The Morgan fingerprint density at radius 1 is 0.974 bits per heavy atom. The van der Waals surface area contributed by atoms with Crippen molar-refractivity contribution in [1.82, 2.24) is 0 Å². The number of benzene rings is 1. The number of allylic oxidation sites excluding steroid dienone is 2. The Bertz CT molecular complexity index is 1040. The first kappa shape index (κ1) is 36.7. The SMILES string of the molecule is CC(C)(C)c1cc[cH-]c1.C[C-]1C2=C3Cc4ccccc4C3C3CCCCC3C2CC(C)C1(C)C.[CH2-]C.[Cl-].[Cl-].[Hf]. The van der Waals surface area contributed by atoms with Gasteiger partial charge in [0, 0.05) is 25.8 Å². The molecule has 0 bridgehead atoms. The van der Waals surface area contributed by atoms with Crippen molar-refractivity contribution < 1.29 is 50.7 Å². The molecule has 218 valence electrons. The van der Waals surface area contributed by atoms with Crippen LogP contribution in [0.3, 0.4) is 0 Å². The molecule has 0 aromatic heterocycles. The summed E-state index contributed by atoms with van der Waals surface area (Å²) in [5, 5.41) is 0. The normalized spacial score (nSPS) is 27.7. The zero-order chi connectivity index (χ0) is 26.3. The van der Waals surface area contributed by atoms with Crippen LogP contribution in [-0.4, -0.2) is 0 Å². The van der Waals surface area contributed by atoms with Crippen LogP contribution < -0.4 is 24.8 Å². The molecule has 3 heteroatoms. The minimum absolute atomic E-state index is 0. The third kappa shape index (κ3) is 7.00. The molecule has 6 rings (SSSR count). The molecule has 0 saturated heterocycles. The van der Waals surface area contributed by atoms with E-state index in [2.05, 4.69) is 104 Å². The molecule has 2 aromatic carbocycles. The zero-order valence-corrected chi connectivity index (χ0v) is 30.8. The van der Waals surface area contributed by atoms with E-state index in [4.69, 9.17) is 0 Å². The van der Waals surface area contributed by atoms with Crippen LogP contribution in [0.1, 0.15) is 110 Å². The van der Waals surface area contributed by atoms with Crippen molar-refractivity contribution in [3.05, 3.63) is 89.2 Å². The van der Waals surface area contributed by atoms with Gasteiger partial charge in [-0.2, -0.15) is 30.7 Å². The van der Waals surface area contributed by atoms with Crippen LogP contribution in [0.4, 0.5) is 0 Å². The molecule has 5 atom stereocenters. The van der Waals surface area contributed by atoms with E-state index in [-0.39, 0.29) is 50.7 Å². The molecule has 2 aromatic rings. The summed E-state index contributed by atoms with van der Waals surface area (Å²) in [5.41, 5.74) is 9.10. The van der Waals surface area contributed by atoms with Gasteiger partial charge in [-0.3, -0.25) is 0 Å². The second kappa shape index (κ2) is 14.7. The molecule has 2 saturated carbocycles. The number of hydrogen-bond donors (Lipinski definition) is 0. The summed E-state index contributed by atoms with van der Waals surface area (Å²) in [7, 11) is 0. The van der Waals surface area contributed by atoms with E-state index < -0.39 is 0 Å². The van der Waals surface area contributed by atoms with Crippen LogP contribution in [0.15, 0.2) is 59.7 Å². The van der Waals surface area contributed by atoms with Gasteiger partial charge < -0.3 is 31.7 Å². The van der Waals surface area contributed by atoms with Crippen molar-refractivity contribution >= 4 is 0 Å². The van der Waals surface area contributed by atoms with Crippen LogP contribution >= 0.6 is 0 Å². The Balaban J connectivity index is 0.000000468. The van der Waals surface area contributed by atoms with Crippen molar-refractivity contribution in [1.29, 1.82) is 0 Å². The Kier molecular flexibility index (Phi) is 13.8. The van der Waals surface area contributed by atoms with E-state index in [0.29, 0.717) is 10.8 Å². The monoisotopic (exact) mass is 733 g/mol. The third-order valence-electron chi connectivity index (χ3n) is 10.4. The van der Waals surface area contributed by atoms with E-state index in [1.165, 1.54) is 44.1 Å². The summed E-state index contributed by atoms with van der Waals surface area (Å²) in [4.78, 5) is 0. The molecule has 39 heavy (non-hydrogen) atoms. The molecule has 4 aliphatic carbocycles. The first-order chi connectivity index (χ1) is 17.1. The number of hydrogen-bond acceptors (Lipinski definition) is 0. The fourth-order valence-corrected chi connectivity index (χ4v) is 7.88. The summed E-state index contributed by atoms with van der Waals surface area (Å²) in [6.45, 7) is 21.7. The van der Waals surface area contributed by atoms with Crippen LogP contribution in [0.5, 0.6) is 0 Å². The number of fused-ring (bicyclic) bond motifs is 7. The summed E-state index contributed by atoms with van der Waals surface area (Å²) >= 11 is 0. The molecule has 0 nitrogen and oxygen atoms in total. The van der Waals surface area contributed by atoms with Gasteiger partial charge >= 0.3 is 0 Å². The average molecular weight is 733 g/mol. The van der Waals surface area contributed by atoms with E-state index in [9.17, 15) is 0 Å². The van der Waals surface area contributed by atoms with Crippen molar-refractivity contribution in [3.8, 4) is 0 Å². The molecule has 0 amide bonds. The topological polar surface area (TPSA) is 0 Å². The van der Waals surface area contributed by atoms with Crippen molar-refractivity contribution in [2.24, 2.45) is 29.1 Å². The Morgan fingerprint density at radius 2 is 1.59 bits per heavy atom. The fourth-order valence-electron chi connectivity index (χ4n) is 7.88.